The molecule has 0 spiro atoms. The van der Waals surface area contributed by atoms with Crippen molar-refractivity contribution >= 4 is 11.8 Å². The van der Waals surface area contributed by atoms with Crippen molar-refractivity contribution < 1.29 is 0 Å². The predicted octanol–water partition coefficient (Wildman–Crippen LogP) is 4.41. The van der Waals surface area contributed by atoms with E-state index in [9.17, 15) is 0 Å². The Kier molecular flexibility index (Phi) is 10.6. The average Bonchev–Trinajstić information content (AvgIpc) is 2.57. The fraction of sp³-hybridized carbons (Fsp3) is 0.684. The maximum atomic E-state index is 3.60. The number of rotatable bonds is 12. The molecule has 0 fully saturated rings. The maximum absolute atomic E-state index is 3.60. The quantitative estimate of drug-likeness (QED) is 0.574. The van der Waals surface area contributed by atoms with E-state index in [1.807, 2.05) is 11.8 Å². The van der Waals surface area contributed by atoms with Crippen molar-refractivity contribution in [3.63, 3.8) is 0 Å². The van der Waals surface area contributed by atoms with Gasteiger partial charge in [-0.3, -0.25) is 4.90 Å². The van der Waals surface area contributed by atoms with Crippen molar-refractivity contribution in [2.24, 2.45) is 0 Å². The zero-order valence-corrected chi connectivity index (χ0v) is 15.7. The number of nitrogens with one attached hydrogen (secondary N) is 1. The van der Waals surface area contributed by atoms with Gasteiger partial charge in [-0.1, -0.05) is 44.2 Å². The summed E-state index contributed by atoms with van der Waals surface area (Å²) in [5, 5.41) is 3.60. The molecule has 1 rings (SSSR count). The van der Waals surface area contributed by atoms with E-state index in [1.54, 1.807) is 0 Å². The maximum Gasteiger partial charge on any atom is 0.0185 e. The van der Waals surface area contributed by atoms with Gasteiger partial charge in [0, 0.05) is 43.2 Å². The minimum atomic E-state index is 0.684. The van der Waals surface area contributed by atoms with Crippen LogP contribution in [0.3, 0.4) is 0 Å². The summed E-state index contributed by atoms with van der Waals surface area (Å²) in [5.74, 6) is 2.30. The van der Waals surface area contributed by atoms with Crippen LogP contribution in [-0.2, 0) is 5.75 Å². The first-order valence-electron chi connectivity index (χ1n) is 8.77. The highest BCUT2D eigenvalue weighted by Gasteiger charge is 2.16. The Morgan fingerprint density at radius 2 is 1.64 bits per heavy atom. The van der Waals surface area contributed by atoms with Crippen molar-refractivity contribution in [1.82, 2.24) is 10.2 Å². The summed E-state index contributed by atoms with van der Waals surface area (Å²) in [6, 6.07) is 12.1. The molecule has 3 heteroatoms. The van der Waals surface area contributed by atoms with Crippen LogP contribution in [0.5, 0.6) is 0 Å². The van der Waals surface area contributed by atoms with E-state index in [0.717, 1.165) is 25.4 Å². The zero-order valence-electron chi connectivity index (χ0n) is 14.8. The monoisotopic (exact) mass is 322 g/mol. The van der Waals surface area contributed by atoms with Crippen LogP contribution in [0.15, 0.2) is 30.3 Å². The molecule has 1 N–H and O–H groups in total. The smallest absolute Gasteiger partial charge is 0.0185 e. The first-order chi connectivity index (χ1) is 10.7. The Hall–Kier alpha value is -0.510. The third-order valence-corrected chi connectivity index (χ3v) is 5.43. The fourth-order valence-electron chi connectivity index (χ4n) is 2.59. The molecule has 0 saturated heterocycles. The van der Waals surface area contributed by atoms with Crippen LogP contribution >= 0.6 is 11.8 Å². The molecule has 22 heavy (non-hydrogen) atoms. The lowest BCUT2D eigenvalue weighted by Gasteiger charge is -2.33. The highest BCUT2D eigenvalue weighted by molar-refractivity contribution is 7.98. The molecule has 1 aromatic carbocycles. The Labute approximate surface area is 142 Å². The van der Waals surface area contributed by atoms with E-state index < -0.39 is 0 Å². The third kappa shape index (κ3) is 7.66. The van der Waals surface area contributed by atoms with Gasteiger partial charge in [0.15, 0.2) is 0 Å². The number of benzene rings is 1. The summed E-state index contributed by atoms with van der Waals surface area (Å²) < 4.78 is 0. The Morgan fingerprint density at radius 3 is 2.23 bits per heavy atom. The summed E-state index contributed by atoms with van der Waals surface area (Å²) >= 11 is 2.01. The summed E-state index contributed by atoms with van der Waals surface area (Å²) in [6.07, 6.45) is 2.47. The molecule has 1 aromatic rings. The summed E-state index contributed by atoms with van der Waals surface area (Å²) in [6.45, 7) is 12.6. The van der Waals surface area contributed by atoms with E-state index in [-0.39, 0.29) is 0 Å². The molecule has 2 nitrogen and oxygen atoms in total. The van der Waals surface area contributed by atoms with Crippen LogP contribution in [0.1, 0.15) is 46.1 Å². The van der Waals surface area contributed by atoms with Gasteiger partial charge in [-0.05, 0) is 32.3 Å². The SMILES string of the molecule is CCC(C)N(CCNCCSCc1ccccc1)C(C)CC. The Balaban J connectivity index is 2.10. The molecule has 0 saturated carbocycles. The molecule has 0 bridgehead atoms. The minimum absolute atomic E-state index is 0.684. The van der Waals surface area contributed by atoms with Gasteiger partial charge in [0.2, 0.25) is 0 Å². The molecule has 2 unspecified atom stereocenters. The molecule has 0 aliphatic heterocycles. The summed E-state index contributed by atoms with van der Waals surface area (Å²) in [4.78, 5) is 2.64. The first-order valence-corrected chi connectivity index (χ1v) is 9.92. The lowest BCUT2D eigenvalue weighted by Crippen LogP contribution is -2.43. The second-order valence-electron chi connectivity index (χ2n) is 6.04. The van der Waals surface area contributed by atoms with Crippen LogP contribution in [0, 0.1) is 0 Å². The van der Waals surface area contributed by atoms with Gasteiger partial charge >= 0.3 is 0 Å². The predicted molar refractivity (Wildman–Crippen MR) is 102 cm³/mol. The minimum Gasteiger partial charge on any atom is -0.315 e. The van der Waals surface area contributed by atoms with E-state index in [4.69, 9.17) is 0 Å². The molecular formula is C19H34N2S. The van der Waals surface area contributed by atoms with Crippen molar-refractivity contribution in [2.45, 2.75) is 58.4 Å². The highest BCUT2D eigenvalue weighted by atomic mass is 32.2. The molecule has 0 aromatic heterocycles. The first kappa shape index (κ1) is 19.5. The number of hydrogen-bond acceptors (Lipinski definition) is 3. The van der Waals surface area contributed by atoms with E-state index in [2.05, 4.69) is 68.2 Å². The van der Waals surface area contributed by atoms with Crippen molar-refractivity contribution in [1.29, 1.82) is 0 Å². The molecular weight excluding hydrogens is 288 g/mol. The lowest BCUT2D eigenvalue weighted by atomic mass is 10.1. The van der Waals surface area contributed by atoms with Crippen LogP contribution in [0.2, 0.25) is 0 Å². The highest BCUT2D eigenvalue weighted by Crippen LogP contribution is 2.11. The molecule has 0 amide bonds. The van der Waals surface area contributed by atoms with Gasteiger partial charge in [-0.15, -0.1) is 0 Å². The lowest BCUT2D eigenvalue weighted by molar-refractivity contribution is 0.147. The third-order valence-electron chi connectivity index (χ3n) is 4.40. The second kappa shape index (κ2) is 12.0. The summed E-state index contributed by atoms with van der Waals surface area (Å²) in [7, 11) is 0. The van der Waals surface area contributed by atoms with Gasteiger partial charge in [0.1, 0.15) is 0 Å². The zero-order chi connectivity index (χ0) is 16.2. The second-order valence-corrected chi connectivity index (χ2v) is 7.15. The van der Waals surface area contributed by atoms with Crippen LogP contribution < -0.4 is 5.32 Å². The van der Waals surface area contributed by atoms with Gasteiger partial charge < -0.3 is 5.32 Å². The van der Waals surface area contributed by atoms with Crippen LogP contribution in [-0.4, -0.2) is 42.4 Å². The fourth-order valence-corrected chi connectivity index (χ4v) is 3.45. The van der Waals surface area contributed by atoms with E-state index >= 15 is 0 Å². The topological polar surface area (TPSA) is 15.3 Å². The largest absolute Gasteiger partial charge is 0.315 e. The van der Waals surface area contributed by atoms with E-state index in [1.165, 1.54) is 24.2 Å². The standard InChI is InChI=1S/C19H34N2S/c1-5-17(3)21(18(4)6-2)14-12-20-13-15-22-16-19-10-8-7-9-11-19/h7-11,17-18,20H,5-6,12-16H2,1-4H3. The van der Waals surface area contributed by atoms with Crippen molar-refractivity contribution in [3.05, 3.63) is 35.9 Å². The van der Waals surface area contributed by atoms with Gasteiger partial charge in [-0.25, -0.2) is 0 Å². The Bertz CT molecular complexity index is 359. The Morgan fingerprint density at radius 1 is 1.00 bits per heavy atom. The van der Waals surface area contributed by atoms with Crippen molar-refractivity contribution in [2.75, 3.05) is 25.4 Å². The average molecular weight is 323 g/mol. The number of hydrogen-bond donors (Lipinski definition) is 1. The number of thioether (sulfide) groups is 1. The molecule has 2 atom stereocenters. The molecule has 0 aliphatic rings. The van der Waals surface area contributed by atoms with Crippen LogP contribution in [0.4, 0.5) is 0 Å². The van der Waals surface area contributed by atoms with Gasteiger partial charge in [0.25, 0.3) is 0 Å². The van der Waals surface area contributed by atoms with Gasteiger partial charge in [-0.2, -0.15) is 11.8 Å². The van der Waals surface area contributed by atoms with Crippen molar-refractivity contribution in [3.8, 4) is 0 Å². The molecule has 0 radical (unpaired) electrons. The normalized spacial score (nSPS) is 14.2. The van der Waals surface area contributed by atoms with Crippen LogP contribution in [0.25, 0.3) is 0 Å². The summed E-state index contributed by atoms with van der Waals surface area (Å²) in [5.41, 5.74) is 1.42. The molecule has 126 valence electrons. The molecule has 0 heterocycles. The number of nitrogens with zero attached hydrogens (tertiary/aromatic N) is 1. The van der Waals surface area contributed by atoms with E-state index in [0.29, 0.717) is 12.1 Å². The van der Waals surface area contributed by atoms with Gasteiger partial charge in [0.05, 0.1) is 0 Å². The molecule has 0 aliphatic carbocycles.